The lowest BCUT2D eigenvalue weighted by atomic mass is 10.2. The number of hydrogen-bond donors (Lipinski definition) is 3. The Morgan fingerprint density at radius 1 is 1.29 bits per heavy atom. The standard InChI is InChI=1S/C15H13N7O2/c1-9(24-11-4-2-10(6-16)3-5-11)15(23)22-21-14-12-13(18-7-17-12)19-8-20-14/h2-5,7-9H,1H3,(H,22,23)(H2,17,18,19,20,21)/t9-/m1/s1. The van der Waals surface area contributed by atoms with Crippen LogP contribution in [0.3, 0.4) is 0 Å². The SMILES string of the molecule is C[C@@H](Oc1ccc(C#N)cc1)C(=O)NNc1ncnc2nc[nH]c12. The molecule has 0 bridgehead atoms. The first-order chi connectivity index (χ1) is 11.7. The van der Waals surface area contributed by atoms with Crippen LogP contribution in [0.2, 0.25) is 0 Å². The van der Waals surface area contributed by atoms with Crippen LogP contribution in [-0.2, 0) is 4.79 Å². The van der Waals surface area contributed by atoms with Crippen LogP contribution in [0.25, 0.3) is 11.2 Å². The number of benzene rings is 1. The number of nitriles is 1. The van der Waals surface area contributed by atoms with E-state index in [1.54, 1.807) is 31.2 Å². The quantitative estimate of drug-likeness (QED) is 0.600. The molecule has 9 nitrogen and oxygen atoms in total. The number of anilines is 1. The van der Waals surface area contributed by atoms with Crippen molar-refractivity contribution in [3.05, 3.63) is 42.5 Å². The fraction of sp³-hybridized carbons (Fsp3) is 0.133. The van der Waals surface area contributed by atoms with E-state index in [1.807, 2.05) is 6.07 Å². The second-order valence-electron chi connectivity index (χ2n) is 4.83. The summed E-state index contributed by atoms with van der Waals surface area (Å²) in [7, 11) is 0. The molecule has 0 aliphatic heterocycles. The number of imidazole rings is 1. The van der Waals surface area contributed by atoms with E-state index in [4.69, 9.17) is 10.00 Å². The molecule has 0 saturated heterocycles. The van der Waals surface area contributed by atoms with Crippen LogP contribution in [0, 0.1) is 11.3 Å². The molecule has 0 radical (unpaired) electrons. The van der Waals surface area contributed by atoms with Gasteiger partial charge in [-0.2, -0.15) is 5.26 Å². The predicted octanol–water partition coefficient (Wildman–Crippen LogP) is 1.14. The zero-order valence-corrected chi connectivity index (χ0v) is 12.6. The molecular formula is C15H13N7O2. The topological polar surface area (TPSA) is 129 Å². The predicted molar refractivity (Wildman–Crippen MR) is 84.7 cm³/mol. The van der Waals surface area contributed by atoms with Crippen molar-refractivity contribution >= 4 is 22.9 Å². The third-order valence-corrected chi connectivity index (χ3v) is 3.19. The van der Waals surface area contributed by atoms with Crippen LogP contribution in [-0.4, -0.2) is 31.9 Å². The Bertz CT molecular complexity index is 898. The average molecular weight is 323 g/mol. The number of H-pyrrole nitrogens is 1. The summed E-state index contributed by atoms with van der Waals surface area (Å²) in [6.45, 7) is 1.61. The number of aromatic amines is 1. The highest BCUT2D eigenvalue weighted by atomic mass is 16.5. The van der Waals surface area contributed by atoms with Crippen LogP contribution >= 0.6 is 0 Å². The number of ether oxygens (including phenoxy) is 1. The minimum absolute atomic E-state index is 0.384. The van der Waals surface area contributed by atoms with Crippen LogP contribution < -0.4 is 15.6 Å². The van der Waals surface area contributed by atoms with Crippen molar-refractivity contribution in [3.8, 4) is 11.8 Å². The van der Waals surface area contributed by atoms with Crippen molar-refractivity contribution in [3.63, 3.8) is 0 Å². The molecule has 3 aromatic rings. The average Bonchev–Trinajstić information content (AvgIpc) is 3.09. The summed E-state index contributed by atoms with van der Waals surface area (Å²) in [5, 5.41) is 8.76. The molecule has 0 fully saturated rings. The second kappa shape index (κ2) is 6.62. The van der Waals surface area contributed by atoms with Gasteiger partial charge in [-0.05, 0) is 31.2 Å². The number of nitrogens with one attached hydrogen (secondary N) is 3. The maximum absolute atomic E-state index is 12.1. The molecule has 1 aromatic carbocycles. The molecule has 120 valence electrons. The van der Waals surface area contributed by atoms with Gasteiger partial charge < -0.3 is 9.72 Å². The molecule has 3 N–H and O–H groups in total. The van der Waals surface area contributed by atoms with Gasteiger partial charge in [0, 0.05) is 0 Å². The summed E-state index contributed by atoms with van der Waals surface area (Å²) in [6.07, 6.45) is 2.08. The maximum Gasteiger partial charge on any atom is 0.279 e. The molecule has 1 amide bonds. The van der Waals surface area contributed by atoms with Gasteiger partial charge in [-0.15, -0.1) is 0 Å². The van der Waals surface area contributed by atoms with Crippen molar-refractivity contribution in [1.82, 2.24) is 25.4 Å². The molecule has 2 aromatic heterocycles. The maximum atomic E-state index is 12.1. The number of amides is 1. The van der Waals surface area contributed by atoms with Crippen molar-refractivity contribution in [2.45, 2.75) is 13.0 Å². The van der Waals surface area contributed by atoms with Gasteiger partial charge in [-0.3, -0.25) is 15.6 Å². The fourth-order valence-electron chi connectivity index (χ4n) is 1.95. The monoisotopic (exact) mass is 323 g/mol. The van der Waals surface area contributed by atoms with Gasteiger partial charge in [0.2, 0.25) is 0 Å². The molecule has 9 heteroatoms. The fourth-order valence-corrected chi connectivity index (χ4v) is 1.95. The lowest BCUT2D eigenvalue weighted by molar-refractivity contribution is -0.126. The van der Waals surface area contributed by atoms with Crippen LogP contribution in [0.4, 0.5) is 5.82 Å². The van der Waals surface area contributed by atoms with E-state index in [1.165, 1.54) is 12.7 Å². The highest BCUT2D eigenvalue weighted by Gasteiger charge is 2.15. The zero-order valence-electron chi connectivity index (χ0n) is 12.6. The van der Waals surface area contributed by atoms with E-state index < -0.39 is 6.10 Å². The van der Waals surface area contributed by atoms with E-state index in [2.05, 4.69) is 30.8 Å². The van der Waals surface area contributed by atoms with E-state index in [0.717, 1.165) is 0 Å². The summed E-state index contributed by atoms with van der Waals surface area (Å²) in [5.74, 6) is 0.511. The van der Waals surface area contributed by atoms with Gasteiger partial charge in [0.1, 0.15) is 17.6 Å². The van der Waals surface area contributed by atoms with E-state index in [9.17, 15) is 4.79 Å². The Kier molecular flexibility index (Phi) is 4.20. The minimum atomic E-state index is -0.746. The van der Waals surface area contributed by atoms with Crippen molar-refractivity contribution in [1.29, 1.82) is 5.26 Å². The normalized spacial score (nSPS) is 11.5. The third kappa shape index (κ3) is 3.22. The molecule has 0 spiro atoms. The first kappa shape index (κ1) is 15.2. The zero-order chi connectivity index (χ0) is 16.9. The first-order valence-electron chi connectivity index (χ1n) is 7.04. The number of carbonyl (C=O) groups is 1. The molecule has 1 atom stereocenters. The number of fused-ring (bicyclic) bond motifs is 1. The second-order valence-corrected chi connectivity index (χ2v) is 4.83. The highest BCUT2D eigenvalue weighted by Crippen LogP contribution is 2.15. The van der Waals surface area contributed by atoms with Gasteiger partial charge in [0.15, 0.2) is 17.6 Å². The Morgan fingerprint density at radius 2 is 2.08 bits per heavy atom. The van der Waals surface area contributed by atoms with Crippen LogP contribution in [0.5, 0.6) is 5.75 Å². The molecular weight excluding hydrogens is 310 g/mol. The number of aromatic nitrogens is 4. The molecule has 24 heavy (non-hydrogen) atoms. The molecule has 3 rings (SSSR count). The van der Waals surface area contributed by atoms with Gasteiger partial charge in [-0.25, -0.2) is 15.0 Å². The van der Waals surface area contributed by atoms with Crippen LogP contribution in [0.1, 0.15) is 12.5 Å². The Hall–Kier alpha value is -3.67. The van der Waals surface area contributed by atoms with Crippen molar-refractivity contribution in [2.24, 2.45) is 0 Å². The number of hydrazine groups is 1. The third-order valence-electron chi connectivity index (χ3n) is 3.19. The summed E-state index contributed by atoms with van der Waals surface area (Å²) in [4.78, 5) is 27.0. The molecule has 0 aliphatic carbocycles. The molecule has 2 heterocycles. The van der Waals surface area contributed by atoms with Gasteiger partial charge >= 0.3 is 0 Å². The minimum Gasteiger partial charge on any atom is -0.481 e. The first-order valence-corrected chi connectivity index (χ1v) is 7.04. The number of carbonyl (C=O) groups excluding carboxylic acids is 1. The smallest absolute Gasteiger partial charge is 0.279 e. The Morgan fingerprint density at radius 3 is 2.83 bits per heavy atom. The van der Waals surface area contributed by atoms with Gasteiger partial charge in [0.05, 0.1) is 18.0 Å². The molecule has 0 unspecified atom stereocenters. The molecule has 0 aliphatic rings. The lowest BCUT2D eigenvalue weighted by Crippen LogP contribution is -2.39. The van der Waals surface area contributed by atoms with Crippen LogP contribution in [0.15, 0.2) is 36.9 Å². The van der Waals surface area contributed by atoms with Gasteiger partial charge in [-0.1, -0.05) is 0 Å². The summed E-state index contributed by atoms with van der Waals surface area (Å²) in [6, 6.07) is 8.52. The summed E-state index contributed by atoms with van der Waals surface area (Å²) >= 11 is 0. The Labute approximate surface area is 136 Å². The number of nitrogens with zero attached hydrogens (tertiary/aromatic N) is 4. The highest BCUT2D eigenvalue weighted by molar-refractivity contribution is 5.85. The van der Waals surface area contributed by atoms with Gasteiger partial charge in [0.25, 0.3) is 5.91 Å². The number of rotatable bonds is 5. The van der Waals surface area contributed by atoms with Crippen molar-refractivity contribution < 1.29 is 9.53 Å². The Balaban J connectivity index is 1.60. The summed E-state index contributed by atoms with van der Waals surface area (Å²) in [5.41, 5.74) is 6.83. The lowest BCUT2D eigenvalue weighted by Gasteiger charge is -2.15. The van der Waals surface area contributed by atoms with Crippen molar-refractivity contribution in [2.75, 3.05) is 5.43 Å². The number of hydrogen-bond acceptors (Lipinski definition) is 7. The van der Waals surface area contributed by atoms with E-state index in [-0.39, 0.29) is 5.91 Å². The molecule has 0 saturated carbocycles. The van der Waals surface area contributed by atoms with E-state index >= 15 is 0 Å². The largest absolute Gasteiger partial charge is 0.481 e. The van der Waals surface area contributed by atoms with E-state index in [0.29, 0.717) is 28.3 Å². The summed E-state index contributed by atoms with van der Waals surface area (Å²) < 4.78 is 5.52.